The molecule has 0 radical (unpaired) electrons. The number of ether oxygens (including phenoxy) is 5. The van der Waals surface area contributed by atoms with E-state index >= 15 is 4.39 Å². The van der Waals surface area contributed by atoms with Gasteiger partial charge in [-0.1, -0.05) is 75.4 Å². The molecule has 5 rings (SSSR count). The number of alkyl halides is 1. The number of halogens is 1. The van der Waals surface area contributed by atoms with Gasteiger partial charge in [0.25, 0.3) is 5.56 Å². The summed E-state index contributed by atoms with van der Waals surface area (Å²) in [5.74, 6) is -0.993. The van der Waals surface area contributed by atoms with Gasteiger partial charge in [-0.2, -0.15) is 0 Å². The number of hydrogen-bond donors (Lipinski definition) is 2. The van der Waals surface area contributed by atoms with Gasteiger partial charge in [-0.15, -0.1) is 0 Å². The topological polar surface area (TPSA) is 159 Å². The summed E-state index contributed by atoms with van der Waals surface area (Å²) in [6.45, 7) is 9.76. The van der Waals surface area contributed by atoms with E-state index in [-0.39, 0.29) is 6.61 Å². The molecule has 1 aromatic heterocycles. The third kappa shape index (κ3) is 10.0. The summed E-state index contributed by atoms with van der Waals surface area (Å²) >= 11 is 0. The summed E-state index contributed by atoms with van der Waals surface area (Å²) in [4.78, 5) is 52.4. The number of aromatic nitrogens is 2. The number of H-pyrrole nitrogens is 1. The summed E-state index contributed by atoms with van der Waals surface area (Å²) in [5, 5.41) is 9.03. The number of methoxy groups -OCH3 is 2. The number of aromatic amines is 1. The normalized spacial score (nSPS) is 18.1. The molecule has 0 bridgehead atoms. The highest BCUT2D eigenvalue weighted by Gasteiger charge is 2.50. The van der Waals surface area contributed by atoms with E-state index in [0.29, 0.717) is 28.2 Å². The van der Waals surface area contributed by atoms with Crippen molar-refractivity contribution in [1.82, 2.24) is 14.5 Å². The number of aliphatic carboxylic acids is 1. The third-order valence-electron chi connectivity index (χ3n) is 9.18. The smallest absolute Gasteiger partial charge is 0.330 e. The van der Waals surface area contributed by atoms with Crippen molar-refractivity contribution in [1.29, 1.82) is 0 Å². The largest absolute Gasteiger partial charge is 0.497 e. The van der Waals surface area contributed by atoms with Crippen LogP contribution in [0, 0.1) is 0 Å². The first-order valence-corrected chi connectivity index (χ1v) is 17.7. The number of carbonyl (C=O) groups excluding carboxylic acids is 1. The van der Waals surface area contributed by atoms with Crippen molar-refractivity contribution in [3.8, 4) is 11.5 Å². The lowest BCUT2D eigenvalue weighted by Gasteiger charge is -2.37. The fraction of sp³-hybridized carbons (Fsp3) is 0.400. The molecule has 290 valence electrons. The SMILES string of the molecule is CCN(CC)CC.COc1ccc(C(OC[C@H]2O[C@@H](n3ccc(=O)[nH]c3=O)[C@H](F)[C@@H]2OC(=O)CCC(=O)O)(c2ccccc2)c2ccc(OC)cc2)cc1. The first-order valence-electron chi connectivity index (χ1n) is 17.7. The molecule has 0 amide bonds. The standard InChI is InChI=1S/C34H33FN2O10.C6H15N/c1-43-24-12-8-22(9-13-24)34(21-6-4-3-5-7-21,23-10-14-25(44-2)15-11-23)45-20-26-31(47-29(41)17-16-28(39)40)30(35)32(46-26)37-19-18-27(38)36-33(37)42;1-4-7(5-2)6-3/h3-15,18-19,26,30-32H,16-17,20H2,1-2H3,(H,39,40)(H,36,38,42);4-6H2,1-3H3/t26-,30-,31-,32-;/m1./s1. The van der Waals surface area contributed by atoms with Crippen LogP contribution in [0.3, 0.4) is 0 Å². The second-order valence-corrected chi connectivity index (χ2v) is 12.3. The van der Waals surface area contributed by atoms with E-state index in [9.17, 15) is 19.2 Å². The van der Waals surface area contributed by atoms with Gasteiger partial charge in [0.15, 0.2) is 18.5 Å². The number of hydrogen-bond acceptors (Lipinski definition) is 10. The minimum absolute atomic E-state index is 0.362. The first-order chi connectivity index (χ1) is 26.0. The molecule has 2 heterocycles. The number of nitrogens with zero attached hydrogens (tertiary/aromatic N) is 2. The molecule has 0 unspecified atom stereocenters. The maximum absolute atomic E-state index is 16.1. The predicted molar refractivity (Wildman–Crippen MR) is 199 cm³/mol. The van der Waals surface area contributed by atoms with E-state index in [1.54, 1.807) is 38.5 Å². The number of carbonyl (C=O) groups is 2. The number of rotatable bonds is 16. The van der Waals surface area contributed by atoms with E-state index < -0.39 is 66.2 Å². The molecule has 4 atom stereocenters. The highest BCUT2D eigenvalue weighted by Crippen LogP contribution is 2.43. The molecule has 2 N–H and O–H groups in total. The predicted octanol–water partition coefficient (Wildman–Crippen LogP) is 4.92. The summed E-state index contributed by atoms with van der Waals surface area (Å²) in [6, 6.07) is 24.7. The molecular formula is C40H48FN3O10. The Morgan fingerprint density at radius 3 is 1.83 bits per heavy atom. The number of carboxylic acids is 1. The summed E-state index contributed by atoms with van der Waals surface area (Å²) in [7, 11) is 3.10. The minimum atomic E-state index is -2.09. The zero-order chi connectivity index (χ0) is 39.3. The lowest BCUT2D eigenvalue weighted by Crippen LogP contribution is -2.41. The Morgan fingerprint density at radius 2 is 1.37 bits per heavy atom. The van der Waals surface area contributed by atoms with Crippen molar-refractivity contribution >= 4 is 11.9 Å². The van der Waals surface area contributed by atoms with Gasteiger partial charge in [-0.25, -0.2) is 9.18 Å². The van der Waals surface area contributed by atoms with Gasteiger partial charge in [0.1, 0.15) is 23.2 Å². The zero-order valence-corrected chi connectivity index (χ0v) is 31.1. The molecule has 0 spiro atoms. The van der Waals surface area contributed by atoms with E-state index in [1.807, 2.05) is 54.6 Å². The van der Waals surface area contributed by atoms with Crippen LogP contribution in [0.5, 0.6) is 11.5 Å². The Morgan fingerprint density at radius 1 is 0.833 bits per heavy atom. The van der Waals surface area contributed by atoms with Crippen molar-refractivity contribution in [3.63, 3.8) is 0 Å². The Labute approximate surface area is 313 Å². The summed E-state index contributed by atoms with van der Waals surface area (Å²) < 4.78 is 46.0. The second-order valence-electron chi connectivity index (χ2n) is 12.3. The molecule has 3 aromatic carbocycles. The number of nitrogens with one attached hydrogen (secondary N) is 1. The van der Waals surface area contributed by atoms with Crippen LogP contribution in [-0.2, 0) is 29.4 Å². The maximum atomic E-state index is 16.1. The van der Waals surface area contributed by atoms with Crippen LogP contribution in [0.15, 0.2) is 101 Å². The maximum Gasteiger partial charge on any atom is 0.330 e. The molecule has 0 saturated carbocycles. The molecule has 1 aliphatic rings. The molecule has 4 aromatic rings. The van der Waals surface area contributed by atoms with Crippen LogP contribution in [0.4, 0.5) is 4.39 Å². The van der Waals surface area contributed by atoms with Crippen LogP contribution in [0.1, 0.15) is 56.5 Å². The van der Waals surface area contributed by atoms with Crippen molar-refractivity contribution < 1.29 is 42.8 Å². The van der Waals surface area contributed by atoms with E-state index in [1.165, 1.54) is 19.6 Å². The Bertz CT molecular complexity index is 1840. The first kappa shape index (κ1) is 41.4. The Kier molecular flexibility index (Phi) is 15.1. The Balaban J connectivity index is 0.000000845. The molecule has 1 fully saturated rings. The molecule has 0 aliphatic carbocycles. The number of esters is 1. The van der Waals surface area contributed by atoms with E-state index in [0.717, 1.165) is 16.8 Å². The highest BCUT2D eigenvalue weighted by atomic mass is 19.1. The van der Waals surface area contributed by atoms with Crippen molar-refractivity contribution in [3.05, 3.63) is 129 Å². The lowest BCUT2D eigenvalue weighted by atomic mass is 9.80. The number of carboxylic acid groups (broad SMARTS) is 1. The van der Waals surface area contributed by atoms with E-state index in [2.05, 4.69) is 30.7 Å². The molecular weight excluding hydrogens is 701 g/mol. The summed E-state index contributed by atoms with van der Waals surface area (Å²) in [5.41, 5.74) is -0.908. The fourth-order valence-corrected chi connectivity index (χ4v) is 6.19. The zero-order valence-electron chi connectivity index (χ0n) is 31.1. The van der Waals surface area contributed by atoms with Crippen LogP contribution in [-0.4, -0.2) is 90.3 Å². The molecule has 1 saturated heterocycles. The third-order valence-corrected chi connectivity index (χ3v) is 9.18. The van der Waals surface area contributed by atoms with Gasteiger partial charge < -0.3 is 33.7 Å². The second kappa shape index (κ2) is 19.7. The monoisotopic (exact) mass is 749 g/mol. The van der Waals surface area contributed by atoms with Gasteiger partial charge >= 0.3 is 17.6 Å². The van der Waals surface area contributed by atoms with Gasteiger partial charge in [0.05, 0.1) is 33.7 Å². The number of benzene rings is 3. The van der Waals surface area contributed by atoms with E-state index in [4.69, 9.17) is 28.8 Å². The minimum Gasteiger partial charge on any atom is -0.497 e. The lowest BCUT2D eigenvalue weighted by molar-refractivity contribution is -0.159. The molecule has 54 heavy (non-hydrogen) atoms. The average Bonchev–Trinajstić information content (AvgIpc) is 3.49. The fourth-order valence-electron chi connectivity index (χ4n) is 6.19. The van der Waals surface area contributed by atoms with Crippen molar-refractivity contribution in [2.24, 2.45) is 0 Å². The van der Waals surface area contributed by atoms with Crippen molar-refractivity contribution in [2.45, 2.75) is 63.8 Å². The average molecular weight is 750 g/mol. The van der Waals surface area contributed by atoms with Gasteiger partial charge in [0.2, 0.25) is 0 Å². The quantitative estimate of drug-likeness (QED) is 0.118. The van der Waals surface area contributed by atoms with Gasteiger partial charge in [-0.3, -0.25) is 23.9 Å². The van der Waals surface area contributed by atoms with Crippen LogP contribution in [0.25, 0.3) is 0 Å². The molecule has 14 heteroatoms. The molecule has 13 nitrogen and oxygen atoms in total. The van der Waals surface area contributed by atoms with Gasteiger partial charge in [0, 0.05) is 12.3 Å². The highest BCUT2D eigenvalue weighted by molar-refractivity contribution is 5.76. The van der Waals surface area contributed by atoms with Crippen LogP contribution < -0.4 is 20.7 Å². The van der Waals surface area contributed by atoms with Crippen LogP contribution in [0.2, 0.25) is 0 Å². The van der Waals surface area contributed by atoms with Crippen LogP contribution >= 0.6 is 0 Å². The summed E-state index contributed by atoms with van der Waals surface area (Å²) in [6.07, 6.45) is -6.52. The van der Waals surface area contributed by atoms with Crippen molar-refractivity contribution in [2.75, 3.05) is 40.5 Å². The van der Waals surface area contributed by atoms with Gasteiger partial charge in [-0.05, 0) is 60.6 Å². The molecule has 1 aliphatic heterocycles. The Hall–Kier alpha value is -5.31.